The first-order valence-electron chi connectivity index (χ1n) is 5.81. The van der Waals surface area contributed by atoms with Crippen molar-refractivity contribution in [1.29, 1.82) is 0 Å². The third-order valence-corrected chi connectivity index (χ3v) is 2.78. The molecule has 0 amide bonds. The quantitative estimate of drug-likeness (QED) is 0.298. The van der Waals surface area contributed by atoms with E-state index in [4.69, 9.17) is 0 Å². The third-order valence-electron chi connectivity index (χ3n) is 2.78. The molecule has 0 aliphatic rings. The highest BCUT2D eigenvalue weighted by Gasteiger charge is 2.14. The van der Waals surface area contributed by atoms with E-state index < -0.39 is 0 Å². The van der Waals surface area contributed by atoms with Crippen LogP contribution in [0, 0.1) is 0 Å². The van der Waals surface area contributed by atoms with E-state index in [1.165, 1.54) is 6.08 Å². The molecule has 0 aliphatic carbocycles. The van der Waals surface area contributed by atoms with E-state index in [1.807, 2.05) is 30.3 Å². The smallest absolute Gasteiger partial charge is 0.185 e. The van der Waals surface area contributed by atoms with Crippen molar-refractivity contribution in [1.82, 2.24) is 0 Å². The van der Waals surface area contributed by atoms with Gasteiger partial charge in [0, 0.05) is 16.7 Å². The summed E-state index contributed by atoms with van der Waals surface area (Å²) < 4.78 is 0. The highest BCUT2D eigenvalue weighted by molar-refractivity contribution is 6.19. The molecule has 2 rings (SSSR count). The van der Waals surface area contributed by atoms with Crippen molar-refractivity contribution in [2.75, 3.05) is 0 Å². The van der Waals surface area contributed by atoms with Crippen LogP contribution in [0.2, 0.25) is 0 Å². The number of ketones is 1. The molecule has 0 radical (unpaired) electrons. The van der Waals surface area contributed by atoms with Gasteiger partial charge in [0.15, 0.2) is 5.78 Å². The van der Waals surface area contributed by atoms with Gasteiger partial charge < -0.3 is 5.21 Å². The van der Waals surface area contributed by atoms with Crippen molar-refractivity contribution in [3.8, 4) is 0 Å². The van der Waals surface area contributed by atoms with E-state index in [9.17, 15) is 10.0 Å². The van der Waals surface area contributed by atoms with E-state index in [0.717, 1.165) is 5.56 Å². The summed E-state index contributed by atoms with van der Waals surface area (Å²) in [4.78, 5) is 11.8. The highest BCUT2D eigenvalue weighted by Crippen LogP contribution is 2.16. The molecule has 2 aromatic rings. The first kappa shape index (κ1) is 12.8. The normalized spacial score (nSPS) is 11.1. The zero-order valence-electron chi connectivity index (χ0n) is 10.3. The van der Waals surface area contributed by atoms with Crippen molar-refractivity contribution in [3.05, 3.63) is 83.9 Å². The van der Waals surface area contributed by atoms with Crippen LogP contribution in [0.5, 0.6) is 0 Å². The van der Waals surface area contributed by atoms with Crippen LogP contribution >= 0.6 is 0 Å². The number of benzene rings is 2. The summed E-state index contributed by atoms with van der Waals surface area (Å²) in [5.41, 5.74) is 2.16. The lowest BCUT2D eigenvalue weighted by Gasteiger charge is -2.08. The molecule has 2 aromatic carbocycles. The summed E-state index contributed by atoms with van der Waals surface area (Å²) >= 11 is 0. The van der Waals surface area contributed by atoms with Gasteiger partial charge in [-0.05, 0) is 6.08 Å². The summed E-state index contributed by atoms with van der Waals surface area (Å²) in [7, 11) is 0. The Labute approximate surface area is 111 Å². The standard InChI is InChI=1S/C16H13NO2/c1-2-15(18)13-10-6-7-11-14(13)16(17-19)12-8-4-3-5-9-12/h2-11,19H,1H2. The molecule has 0 bridgehead atoms. The molecule has 0 aliphatic heterocycles. The molecule has 1 N–H and O–H groups in total. The topological polar surface area (TPSA) is 49.7 Å². The molecule has 0 heterocycles. The van der Waals surface area contributed by atoms with Gasteiger partial charge in [-0.15, -0.1) is 0 Å². The maximum absolute atomic E-state index is 11.8. The molecular formula is C16H13NO2. The fraction of sp³-hybridized carbons (Fsp3) is 0. The monoisotopic (exact) mass is 251 g/mol. The summed E-state index contributed by atoms with van der Waals surface area (Å²) in [6.45, 7) is 3.48. The van der Waals surface area contributed by atoms with Gasteiger partial charge >= 0.3 is 0 Å². The molecule has 19 heavy (non-hydrogen) atoms. The van der Waals surface area contributed by atoms with E-state index >= 15 is 0 Å². The maximum atomic E-state index is 11.8. The molecular weight excluding hydrogens is 238 g/mol. The Kier molecular flexibility index (Phi) is 3.88. The zero-order valence-corrected chi connectivity index (χ0v) is 10.3. The van der Waals surface area contributed by atoms with Crippen LogP contribution in [0.25, 0.3) is 0 Å². The highest BCUT2D eigenvalue weighted by atomic mass is 16.4. The minimum absolute atomic E-state index is 0.201. The zero-order chi connectivity index (χ0) is 13.7. The van der Waals surface area contributed by atoms with E-state index in [2.05, 4.69) is 11.7 Å². The van der Waals surface area contributed by atoms with E-state index in [0.29, 0.717) is 16.8 Å². The number of hydrogen-bond acceptors (Lipinski definition) is 3. The summed E-state index contributed by atoms with van der Waals surface area (Å²) in [6, 6.07) is 16.2. The van der Waals surface area contributed by atoms with Gasteiger partial charge in [-0.2, -0.15) is 0 Å². The largest absolute Gasteiger partial charge is 0.410 e. The molecule has 0 saturated carbocycles. The number of oxime groups is 1. The van der Waals surface area contributed by atoms with Gasteiger partial charge in [-0.1, -0.05) is 66.3 Å². The summed E-state index contributed by atoms with van der Waals surface area (Å²) in [6.07, 6.45) is 1.25. The summed E-state index contributed by atoms with van der Waals surface area (Å²) in [5.74, 6) is -0.201. The van der Waals surface area contributed by atoms with Crippen LogP contribution in [0.3, 0.4) is 0 Å². The van der Waals surface area contributed by atoms with Gasteiger partial charge in [-0.3, -0.25) is 4.79 Å². The predicted molar refractivity (Wildman–Crippen MR) is 74.8 cm³/mol. The number of hydrogen-bond donors (Lipinski definition) is 1. The second-order valence-corrected chi connectivity index (χ2v) is 3.93. The lowest BCUT2D eigenvalue weighted by atomic mass is 9.95. The molecule has 0 fully saturated rings. The van der Waals surface area contributed by atoms with Crippen LogP contribution in [0.1, 0.15) is 21.5 Å². The predicted octanol–water partition coefficient (Wildman–Crippen LogP) is 3.28. The number of carbonyl (C=O) groups is 1. The Morgan fingerprint density at radius 1 is 1.00 bits per heavy atom. The number of carbonyl (C=O) groups excluding carboxylic acids is 1. The van der Waals surface area contributed by atoms with Crippen LogP contribution in [0.15, 0.2) is 72.4 Å². The average molecular weight is 251 g/mol. The fourth-order valence-electron chi connectivity index (χ4n) is 1.88. The SMILES string of the molecule is C=CC(=O)c1ccccc1C(=NO)c1ccccc1. The van der Waals surface area contributed by atoms with Gasteiger partial charge in [0.25, 0.3) is 0 Å². The number of allylic oxidation sites excluding steroid dienone is 1. The molecule has 0 saturated heterocycles. The Morgan fingerprint density at radius 3 is 2.16 bits per heavy atom. The van der Waals surface area contributed by atoms with E-state index in [1.54, 1.807) is 24.3 Å². The van der Waals surface area contributed by atoms with Crippen molar-refractivity contribution in [2.24, 2.45) is 5.16 Å². The maximum Gasteiger partial charge on any atom is 0.185 e. The van der Waals surface area contributed by atoms with Gasteiger partial charge in [0.1, 0.15) is 5.71 Å². The van der Waals surface area contributed by atoms with Crippen molar-refractivity contribution < 1.29 is 10.0 Å². The Morgan fingerprint density at radius 2 is 1.58 bits per heavy atom. The lowest BCUT2D eigenvalue weighted by Crippen LogP contribution is -2.09. The van der Waals surface area contributed by atoms with Crippen molar-refractivity contribution in [2.45, 2.75) is 0 Å². The second-order valence-electron chi connectivity index (χ2n) is 3.93. The van der Waals surface area contributed by atoms with Crippen molar-refractivity contribution >= 4 is 11.5 Å². The van der Waals surface area contributed by atoms with Crippen molar-refractivity contribution in [3.63, 3.8) is 0 Å². The van der Waals surface area contributed by atoms with Gasteiger partial charge in [0.2, 0.25) is 0 Å². The Hall–Kier alpha value is -2.68. The van der Waals surface area contributed by atoms with Gasteiger partial charge in [0.05, 0.1) is 0 Å². The lowest BCUT2D eigenvalue weighted by molar-refractivity contribution is 0.104. The minimum Gasteiger partial charge on any atom is -0.410 e. The molecule has 3 nitrogen and oxygen atoms in total. The average Bonchev–Trinajstić information content (AvgIpc) is 2.49. The second kappa shape index (κ2) is 5.78. The molecule has 0 spiro atoms. The molecule has 0 aromatic heterocycles. The minimum atomic E-state index is -0.201. The van der Waals surface area contributed by atoms with E-state index in [-0.39, 0.29) is 5.78 Å². The van der Waals surface area contributed by atoms with Crippen LogP contribution < -0.4 is 0 Å². The van der Waals surface area contributed by atoms with Crippen LogP contribution in [-0.4, -0.2) is 16.7 Å². The molecule has 94 valence electrons. The first-order chi connectivity index (χ1) is 9.27. The van der Waals surface area contributed by atoms with Crippen LogP contribution in [-0.2, 0) is 0 Å². The third kappa shape index (κ3) is 2.60. The fourth-order valence-corrected chi connectivity index (χ4v) is 1.88. The Bertz CT molecular complexity index is 630. The number of rotatable bonds is 4. The van der Waals surface area contributed by atoms with Crippen LogP contribution in [0.4, 0.5) is 0 Å². The van der Waals surface area contributed by atoms with Gasteiger partial charge in [-0.25, -0.2) is 0 Å². The number of nitrogens with zero attached hydrogens (tertiary/aromatic N) is 1. The molecule has 3 heteroatoms. The Balaban J connectivity index is 2.58. The molecule has 0 unspecified atom stereocenters. The molecule has 0 atom stereocenters. The first-order valence-corrected chi connectivity index (χ1v) is 5.81. The summed E-state index contributed by atoms with van der Waals surface area (Å²) in [5, 5.41) is 12.6.